The molecule has 0 heterocycles. The Bertz CT molecular complexity index is 811. The van der Waals surface area contributed by atoms with Gasteiger partial charge in [0.15, 0.2) is 0 Å². The standard InChI is InChI=1S/C22H21.2ClH.Hf/c1-22(2,3)20-14-8-13-19(20)21-17-11-6-4-9-15(17)16-10-5-7-12-18(16)21;;;/h4-7,9-12,14,21H,8H2,1-3H3;2*1H;/q;;;+2/p-2. The third kappa shape index (κ3) is 3.36. The van der Waals surface area contributed by atoms with E-state index in [1.54, 1.807) is 14.5 Å². The summed E-state index contributed by atoms with van der Waals surface area (Å²) >= 11 is 1.15. The van der Waals surface area contributed by atoms with Crippen LogP contribution in [-0.4, -0.2) is 0 Å². The Hall–Kier alpha value is -0.630. The van der Waals surface area contributed by atoms with Crippen molar-refractivity contribution in [2.24, 2.45) is 5.41 Å². The van der Waals surface area contributed by atoms with Crippen molar-refractivity contribution in [1.82, 2.24) is 0 Å². The Morgan fingerprint density at radius 3 is 1.80 bits per heavy atom. The molecule has 0 fully saturated rings. The molecule has 0 bridgehead atoms. The van der Waals surface area contributed by atoms with Crippen molar-refractivity contribution in [3.8, 4) is 11.1 Å². The molecule has 0 N–H and O–H groups in total. The minimum atomic E-state index is 0. The van der Waals surface area contributed by atoms with E-state index < -0.39 is 0 Å². The van der Waals surface area contributed by atoms with Crippen LogP contribution in [-0.2, 0) is 24.4 Å². The molecule has 25 heavy (non-hydrogen) atoms. The number of hydrogen-bond acceptors (Lipinski definition) is 0. The number of fused-ring (bicyclic) bond motifs is 3. The van der Waals surface area contributed by atoms with Crippen LogP contribution >= 0.6 is 0 Å². The summed E-state index contributed by atoms with van der Waals surface area (Å²) in [5.74, 6) is 0.433. The van der Waals surface area contributed by atoms with Crippen LogP contribution in [0.4, 0.5) is 0 Å². The second-order valence-electron chi connectivity index (χ2n) is 7.57. The van der Waals surface area contributed by atoms with Crippen LogP contribution in [0.5, 0.6) is 0 Å². The van der Waals surface area contributed by atoms with E-state index in [4.69, 9.17) is 0 Å². The number of allylic oxidation sites excluding steroid dienone is 4. The molecule has 127 valence electrons. The molecule has 2 aromatic carbocycles. The smallest absolute Gasteiger partial charge is 1.00 e. The minimum Gasteiger partial charge on any atom is -1.00 e. The first kappa shape index (κ1) is 20.7. The van der Waals surface area contributed by atoms with E-state index in [1.807, 2.05) is 0 Å². The van der Waals surface area contributed by atoms with Crippen molar-refractivity contribution >= 4 is 0 Å². The van der Waals surface area contributed by atoms with Gasteiger partial charge >= 0.3 is 154 Å². The molecule has 2 aliphatic carbocycles. The third-order valence-electron chi connectivity index (χ3n) is 5.06. The molecular weight excluding hydrogens is 514 g/mol. The van der Waals surface area contributed by atoms with Gasteiger partial charge in [-0.3, -0.25) is 0 Å². The van der Waals surface area contributed by atoms with Gasteiger partial charge in [-0.05, 0) is 0 Å². The van der Waals surface area contributed by atoms with E-state index >= 15 is 0 Å². The van der Waals surface area contributed by atoms with Crippen LogP contribution in [0, 0.1) is 5.41 Å². The van der Waals surface area contributed by atoms with Gasteiger partial charge in [-0.15, -0.1) is 0 Å². The zero-order chi connectivity index (χ0) is 16.2. The van der Waals surface area contributed by atoms with Crippen molar-refractivity contribution in [3.05, 3.63) is 80.2 Å². The molecule has 0 aromatic heterocycles. The zero-order valence-corrected chi connectivity index (χ0v) is 19.8. The van der Waals surface area contributed by atoms with Crippen molar-refractivity contribution < 1.29 is 49.2 Å². The van der Waals surface area contributed by atoms with Crippen LogP contribution in [0.25, 0.3) is 11.1 Å². The van der Waals surface area contributed by atoms with E-state index in [9.17, 15) is 0 Å². The molecule has 2 aromatic rings. The van der Waals surface area contributed by atoms with Crippen LogP contribution < -0.4 is 24.8 Å². The van der Waals surface area contributed by atoms with Crippen molar-refractivity contribution in [2.45, 2.75) is 33.1 Å². The van der Waals surface area contributed by atoms with Crippen molar-refractivity contribution in [2.75, 3.05) is 0 Å². The Morgan fingerprint density at radius 2 is 1.32 bits per heavy atom. The number of hydrogen-bond donors (Lipinski definition) is 0. The maximum absolute atomic E-state index is 2.49. The molecule has 0 nitrogen and oxygen atoms in total. The molecule has 3 heteroatoms. The summed E-state index contributed by atoms with van der Waals surface area (Å²) in [6, 6.07) is 18.0. The van der Waals surface area contributed by atoms with E-state index in [-0.39, 0.29) is 30.2 Å². The SMILES string of the molecule is CC(C)(C)C1=CC[C]([Hf+2])=C1C1c2ccccc2-c2ccccc21.[Cl-].[Cl-]. The summed E-state index contributed by atoms with van der Waals surface area (Å²) in [5.41, 5.74) is 9.25. The van der Waals surface area contributed by atoms with Crippen molar-refractivity contribution in [1.29, 1.82) is 0 Å². The summed E-state index contributed by atoms with van der Waals surface area (Å²) in [5, 5.41) is 0. The van der Waals surface area contributed by atoms with E-state index in [2.05, 4.69) is 75.4 Å². The fraction of sp³-hybridized carbons (Fsp3) is 0.273. The molecule has 4 rings (SSSR count). The molecule has 0 spiro atoms. The molecule has 0 aliphatic heterocycles. The fourth-order valence-electron chi connectivity index (χ4n) is 4.09. The van der Waals surface area contributed by atoms with Gasteiger partial charge in [-0.25, -0.2) is 0 Å². The zero-order valence-electron chi connectivity index (χ0n) is 14.7. The van der Waals surface area contributed by atoms with Crippen molar-refractivity contribution in [3.63, 3.8) is 0 Å². The van der Waals surface area contributed by atoms with Gasteiger partial charge in [0.2, 0.25) is 0 Å². The molecule has 0 amide bonds. The summed E-state index contributed by atoms with van der Waals surface area (Å²) in [6.07, 6.45) is 3.65. The second-order valence-corrected chi connectivity index (χ2v) is 9.74. The van der Waals surface area contributed by atoms with E-state index in [0.717, 1.165) is 30.8 Å². The van der Waals surface area contributed by atoms with Crippen LogP contribution in [0.2, 0.25) is 0 Å². The largest absolute Gasteiger partial charge is 1.00 e. The maximum Gasteiger partial charge on any atom is -1.00 e. The maximum atomic E-state index is 2.49. The average molecular weight is 535 g/mol. The summed E-state index contributed by atoms with van der Waals surface area (Å²) in [6.45, 7) is 7.06. The van der Waals surface area contributed by atoms with Crippen LogP contribution in [0.3, 0.4) is 0 Å². The van der Waals surface area contributed by atoms with Gasteiger partial charge in [0, 0.05) is 0 Å². The Labute approximate surface area is 178 Å². The van der Waals surface area contributed by atoms with Crippen LogP contribution in [0.1, 0.15) is 44.2 Å². The summed E-state index contributed by atoms with van der Waals surface area (Å²) in [4.78, 5) is 0. The van der Waals surface area contributed by atoms with Gasteiger partial charge < -0.3 is 24.8 Å². The Kier molecular flexibility index (Phi) is 6.24. The molecule has 0 atom stereocenters. The monoisotopic (exact) mass is 535 g/mol. The second kappa shape index (κ2) is 7.55. The topological polar surface area (TPSA) is 0 Å². The van der Waals surface area contributed by atoms with Gasteiger partial charge in [0.25, 0.3) is 0 Å². The number of benzene rings is 2. The van der Waals surface area contributed by atoms with E-state index in [0.29, 0.717) is 5.92 Å². The van der Waals surface area contributed by atoms with E-state index in [1.165, 1.54) is 22.3 Å². The van der Waals surface area contributed by atoms with Gasteiger partial charge in [0.1, 0.15) is 0 Å². The predicted octanol–water partition coefficient (Wildman–Crippen LogP) is -0.0160. The quantitative estimate of drug-likeness (QED) is 0.452. The molecule has 0 saturated carbocycles. The Balaban J connectivity index is 0.00000113. The molecule has 2 aliphatic rings. The molecule has 0 unspecified atom stereocenters. The average Bonchev–Trinajstić information content (AvgIpc) is 3.05. The molecule has 0 saturated heterocycles. The normalized spacial score (nSPS) is 16.0. The van der Waals surface area contributed by atoms with Gasteiger partial charge in [0.05, 0.1) is 0 Å². The Morgan fingerprint density at radius 1 is 0.840 bits per heavy atom. The first-order valence-electron chi connectivity index (χ1n) is 8.32. The predicted molar refractivity (Wildman–Crippen MR) is 92.9 cm³/mol. The first-order valence-corrected chi connectivity index (χ1v) is 10.1. The number of rotatable bonds is 1. The number of halogens is 2. The minimum absolute atomic E-state index is 0. The van der Waals surface area contributed by atoms with Gasteiger partial charge in [-0.2, -0.15) is 0 Å². The fourth-order valence-corrected chi connectivity index (χ4v) is 5.46. The summed E-state index contributed by atoms with van der Waals surface area (Å²) < 4.78 is 1.67. The summed E-state index contributed by atoms with van der Waals surface area (Å²) in [7, 11) is 0. The van der Waals surface area contributed by atoms with Gasteiger partial charge in [-0.1, -0.05) is 0 Å². The third-order valence-corrected chi connectivity index (χ3v) is 6.76. The van der Waals surface area contributed by atoms with Crippen LogP contribution in [0.15, 0.2) is 69.1 Å². The molecule has 0 radical (unpaired) electrons. The molecular formula is C22H21Cl2Hf. The first-order chi connectivity index (χ1) is 11.0.